The molecule has 0 rings (SSSR count). The lowest BCUT2D eigenvalue weighted by Gasteiger charge is -2.18. The zero-order valence-electron chi connectivity index (χ0n) is 52.9. The number of hydrogen-bond donors (Lipinski definition) is 0. The maximum atomic E-state index is 12.9. The summed E-state index contributed by atoms with van der Waals surface area (Å²) in [6.07, 6.45) is 99.7. The van der Waals surface area contributed by atoms with Crippen LogP contribution in [0.2, 0.25) is 0 Å². The van der Waals surface area contributed by atoms with Crippen LogP contribution in [0.15, 0.2) is 158 Å². The summed E-state index contributed by atoms with van der Waals surface area (Å²) in [6, 6.07) is 0. The molecule has 0 saturated carbocycles. The molecule has 0 aromatic heterocycles. The van der Waals surface area contributed by atoms with Crippen LogP contribution in [0.3, 0.4) is 0 Å². The monoisotopic (exact) mass is 1130 g/mol. The molecule has 0 amide bonds. The average Bonchev–Trinajstić information content (AvgIpc) is 3.47. The lowest BCUT2D eigenvalue weighted by Crippen LogP contribution is -2.30. The normalized spacial score (nSPS) is 13.2. The minimum atomic E-state index is -0.810. The Kier molecular flexibility index (Phi) is 64.4. The number of rotatable bonds is 59. The van der Waals surface area contributed by atoms with E-state index in [4.69, 9.17) is 14.2 Å². The number of unbranched alkanes of at least 4 members (excludes halogenated alkanes) is 22. The van der Waals surface area contributed by atoms with Gasteiger partial charge in [0.2, 0.25) is 0 Å². The number of carbonyl (C=O) groups is 3. The molecular weight excluding hydrogens is 1010 g/mol. The second kappa shape index (κ2) is 68.5. The van der Waals surface area contributed by atoms with E-state index in [0.717, 1.165) is 161 Å². The van der Waals surface area contributed by atoms with Crippen LogP contribution in [0.4, 0.5) is 0 Å². The first-order chi connectivity index (χ1) is 40.5. The van der Waals surface area contributed by atoms with E-state index in [2.05, 4.69) is 179 Å². The summed E-state index contributed by atoms with van der Waals surface area (Å²) in [4.78, 5) is 38.4. The molecule has 0 aliphatic heterocycles. The number of carbonyl (C=O) groups excluding carboxylic acids is 3. The van der Waals surface area contributed by atoms with Crippen molar-refractivity contribution >= 4 is 17.9 Å². The number of ether oxygens (including phenoxy) is 3. The minimum Gasteiger partial charge on any atom is -0.462 e. The second-order valence-electron chi connectivity index (χ2n) is 21.6. The first-order valence-corrected chi connectivity index (χ1v) is 33.5. The van der Waals surface area contributed by atoms with Crippen LogP contribution in [-0.2, 0) is 28.6 Å². The molecule has 0 saturated heterocycles. The lowest BCUT2D eigenvalue weighted by atomic mass is 10.0. The Hall–Kier alpha value is -4.97. The molecule has 1 atom stereocenters. The fourth-order valence-electron chi connectivity index (χ4n) is 8.78. The molecule has 0 radical (unpaired) electrons. The van der Waals surface area contributed by atoms with Gasteiger partial charge in [0.05, 0.1) is 0 Å². The fourth-order valence-corrected chi connectivity index (χ4v) is 8.78. The molecule has 0 fully saturated rings. The van der Waals surface area contributed by atoms with Gasteiger partial charge in [-0.25, -0.2) is 0 Å². The van der Waals surface area contributed by atoms with E-state index in [-0.39, 0.29) is 37.5 Å². The van der Waals surface area contributed by atoms with Crippen molar-refractivity contribution in [3.05, 3.63) is 158 Å². The van der Waals surface area contributed by atoms with Crippen molar-refractivity contribution in [1.82, 2.24) is 0 Å². The third kappa shape index (κ3) is 65.8. The lowest BCUT2D eigenvalue weighted by molar-refractivity contribution is -0.167. The Morgan fingerprint density at radius 2 is 0.476 bits per heavy atom. The largest absolute Gasteiger partial charge is 0.462 e. The molecule has 0 N–H and O–H groups in total. The summed E-state index contributed by atoms with van der Waals surface area (Å²) in [5.41, 5.74) is 0. The Morgan fingerprint density at radius 1 is 0.256 bits per heavy atom. The van der Waals surface area contributed by atoms with Crippen LogP contribution in [0, 0.1) is 0 Å². The molecule has 0 aliphatic carbocycles. The van der Waals surface area contributed by atoms with Gasteiger partial charge in [-0.3, -0.25) is 14.4 Å². The molecule has 1 unspecified atom stereocenters. The van der Waals surface area contributed by atoms with Crippen LogP contribution >= 0.6 is 0 Å². The standard InChI is InChI=1S/C76H122O6/c1-4-7-10-13-16-19-22-25-28-30-32-33-34-35-36-37-38-39-40-41-42-43-45-46-48-51-54-57-60-63-66-69-75(78)81-72-73(71-80-74(77)68-65-62-59-56-53-50-27-24-21-18-15-12-9-6-3)82-76(79)70-67-64-61-58-55-52-49-47-44-31-29-26-23-20-17-14-11-8-5-2/h7-8,10-11,15-20,24-29,32-33,35-36,38-39,44,47,52,55,73H,4-6,9,12-14,21-23,30-31,34,37,40-43,45-46,48-51,53-54,56-72H2,1-3H3/b10-7-,11-8-,18-15-,19-16-,20-17-,27-24-,28-25-,29-26-,33-32-,36-35-,39-38-,47-44-,55-52-. The van der Waals surface area contributed by atoms with Gasteiger partial charge in [0, 0.05) is 19.3 Å². The topological polar surface area (TPSA) is 78.9 Å². The van der Waals surface area contributed by atoms with Crippen molar-refractivity contribution < 1.29 is 28.6 Å². The van der Waals surface area contributed by atoms with Gasteiger partial charge in [0.1, 0.15) is 13.2 Å². The van der Waals surface area contributed by atoms with Gasteiger partial charge >= 0.3 is 17.9 Å². The maximum Gasteiger partial charge on any atom is 0.306 e. The highest BCUT2D eigenvalue weighted by Gasteiger charge is 2.19. The molecule has 462 valence electrons. The minimum absolute atomic E-state index is 0.102. The third-order valence-corrected chi connectivity index (χ3v) is 13.7. The zero-order valence-corrected chi connectivity index (χ0v) is 52.9. The van der Waals surface area contributed by atoms with E-state index in [9.17, 15) is 14.4 Å². The fraction of sp³-hybridized carbons (Fsp3) is 0.618. The van der Waals surface area contributed by atoms with Crippen LogP contribution in [0.25, 0.3) is 0 Å². The summed E-state index contributed by atoms with van der Waals surface area (Å²) >= 11 is 0. The van der Waals surface area contributed by atoms with Crippen molar-refractivity contribution in [3.63, 3.8) is 0 Å². The van der Waals surface area contributed by atoms with Gasteiger partial charge in [-0.15, -0.1) is 0 Å². The van der Waals surface area contributed by atoms with Gasteiger partial charge in [-0.1, -0.05) is 281 Å². The molecule has 0 spiro atoms. The summed E-state index contributed by atoms with van der Waals surface area (Å²) in [5.74, 6) is -0.951. The highest BCUT2D eigenvalue weighted by Crippen LogP contribution is 2.15. The number of allylic oxidation sites excluding steroid dienone is 26. The quantitative estimate of drug-likeness (QED) is 0.0261. The zero-order chi connectivity index (χ0) is 59.2. The smallest absolute Gasteiger partial charge is 0.306 e. The van der Waals surface area contributed by atoms with Crippen LogP contribution in [-0.4, -0.2) is 37.2 Å². The molecule has 0 bridgehead atoms. The van der Waals surface area contributed by atoms with Gasteiger partial charge in [-0.2, -0.15) is 0 Å². The van der Waals surface area contributed by atoms with E-state index in [1.54, 1.807) is 0 Å². The van der Waals surface area contributed by atoms with Gasteiger partial charge in [-0.05, 0) is 141 Å². The van der Waals surface area contributed by atoms with Crippen molar-refractivity contribution in [2.45, 2.75) is 290 Å². The van der Waals surface area contributed by atoms with Crippen LogP contribution in [0.5, 0.6) is 0 Å². The highest BCUT2D eigenvalue weighted by atomic mass is 16.6. The molecule has 0 aromatic carbocycles. The Morgan fingerprint density at radius 3 is 0.756 bits per heavy atom. The third-order valence-electron chi connectivity index (χ3n) is 13.7. The van der Waals surface area contributed by atoms with Crippen molar-refractivity contribution in [1.29, 1.82) is 0 Å². The number of esters is 3. The van der Waals surface area contributed by atoms with Crippen molar-refractivity contribution in [2.24, 2.45) is 0 Å². The second-order valence-corrected chi connectivity index (χ2v) is 21.6. The van der Waals surface area contributed by atoms with E-state index < -0.39 is 6.10 Å². The molecule has 0 aliphatic rings. The first-order valence-electron chi connectivity index (χ1n) is 33.5. The SMILES string of the molecule is CC/C=C\C/C=C\C/C=C\C/C=C\C/C=C\C/C=C\CCCCCCCCCCCCCCC(=O)OCC(COC(=O)CCCCCCC/C=C\C/C=C\CCCC)OC(=O)CCCCC/C=C\C/C=C\C/C=C\C/C=C\C/C=C\CC. The Bertz CT molecular complexity index is 1830. The first kappa shape index (κ1) is 77.0. The Balaban J connectivity index is 4.35. The summed E-state index contributed by atoms with van der Waals surface area (Å²) in [6.45, 7) is 6.33. The van der Waals surface area contributed by atoms with E-state index >= 15 is 0 Å². The molecule has 82 heavy (non-hydrogen) atoms. The maximum absolute atomic E-state index is 12.9. The summed E-state index contributed by atoms with van der Waals surface area (Å²) < 4.78 is 16.9. The molecular formula is C76H122O6. The summed E-state index contributed by atoms with van der Waals surface area (Å²) in [5, 5.41) is 0. The van der Waals surface area contributed by atoms with Crippen molar-refractivity contribution in [2.75, 3.05) is 13.2 Å². The van der Waals surface area contributed by atoms with E-state index in [0.29, 0.717) is 12.8 Å². The summed E-state index contributed by atoms with van der Waals surface area (Å²) in [7, 11) is 0. The molecule has 6 nitrogen and oxygen atoms in total. The predicted molar refractivity (Wildman–Crippen MR) is 357 cm³/mol. The van der Waals surface area contributed by atoms with Gasteiger partial charge in [0.15, 0.2) is 6.10 Å². The Labute approximate surface area is 505 Å². The average molecular weight is 1130 g/mol. The molecule has 0 aromatic rings. The van der Waals surface area contributed by atoms with Crippen LogP contribution in [0.1, 0.15) is 284 Å². The molecule has 6 heteroatoms. The van der Waals surface area contributed by atoms with E-state index in [1.165, 1.54) is 83.5 Å². The van der Waals surface area contributed by atoms with Gasteiger partial charge < -0.3 is 14.2 Å². The predicted octanol–water partition coefficient (Wildman–Crippen LogP) is 23.3. The van der Waals surface area contributed by atoms with Gasteiger partial charge in [0.25, 0.3) is 0 Å². The molecule has 0 heterocycles. The number of hydrogen-bond acceptors (Lipinski definition) is 6. The van der Waals surface area contributed by atoms with E-state index in [1.807, 2.05) is 0 Å². The van der Waals surface area contributed by atoms with Crippen molar-refractivity contribution in [3.8, 4) is 0 Å². The van der Waals surface area contributed by atoms with Crippen LogP contribution < -0.4 is 0 Å². The highest BCUT2D eigenvalue weighted by molar-refractivity contribution is 5.71.